The molecule has 0 aliphatic carbocycles. The van der Waals surface area contributed by atoms with Crippen molar-refractivity contribution in [3.05, 3.63) is 24.4 Å². The molecule has 1 saturated heterocycles. The lowest BCUT2D eigenvalue weighted by atomic mass is 10.2. The first-order valence-corrected chi connectivity index (χ1v) is 8.37. The van der Waals surface area contributed by atoms with E-state index in [2.05, 4.69) is 46.1 Å². The van der Waals surface area contributed by atoms with Gasteiger partial charge < -0.3 is 10.2 Å². The summed E-state index contributed by atoms with van der Waals surface area (Å²) in [5, 5.41) is 3.48. The van der Waals surface area contributed by atoms with Crippen molar-refractivity contribution in [3.63, 3.8) is 0 Å². The molecule has 1 aliphatic heterocycles. The van der Waals surface area contributed by atoms with Crippen LogP contribution in [0.3, 0.4) is 0 Å². The van der Waals surface area contributed by atoms with Crippen LogP contribution in [0.2, 0.25) is 0 Å². The van der Waals surface area contributed by atoms with Crippen LogP contribution >= 0.6 is 0 Å². The van der Waals surface area contributed by atoms with Crippen LogP contribution in [-0.2, 0) is 0 Å². The minimum Gasteiger partial charge on any atom is -0.354 e. The Hall–Kier alpha value is -1.13. The van der Waals surface area contributed by atoms with Crippen LogP contribution in [0, 0.1) is 0 Å². The quantitative estimate of drug-likeness (QED) is 0.745. The fourth-order valence-corrected chi connectivity index (χ4v) is 2.77. The van der Waals surface area contributed by atoms with Crippen LogP contribution < -0.4 is 10.2 Å². The zero-order chi connectivity index (χ0) is 14.9. The van der Waals surface area contributed by atoms with E-state index in [1.165, 1.54) is 38.9 Å². The van der Waals surface area contributed by atoms with E-state index in [1.54, 1.807) is 0 Å². The van der Waals surface area contributed by atoms with Crippen molar-refractivity contribution in [2.45, 2.75) is 39.2 Å². The highest BCUT2D eigenvalue weighted by Gasteiger charge is 2.16. The lowest BCUT2D eigenvalue weighted by Crippen LogP contribution is -2.46. The molecular weight excluding hydrogens is 260 g/mol. The Labute approximate surface area is 129 Å². The van der Waals surface area contributed by atoms with Gasteiger partial charge in [0.05, 0.1) is 0 Å². The summed E-state index contributed by atoms with van der Waals surface area (Å²) in [6.07, 6.45) is 5.84. The van der Waals surface area contributed by atoms with Gasteiger partial charge in [-0.2, -0.15) is 0 Å². The van der Waals surface area contributed by atoms with E-state index >= 15 is 0 Å². The van der Waals surface area contributed by atoms with Crippen molar-refractivity contribution in [2.75, 3.05) is 44.2 Å². The van der Waals surface area contributed by atoms with Crippen LogP contribution in [0.5, 0.6) is 0 Å². The molecule has 0 aromatic carbocycles. The third kappa shape index (κ3) is 6.02. The Balaban J connectivity index is 1.55. The SMILES string of the molecule is CC(C)NCCCCCN1CCN(c2ccccn2)CC1. The van der Waals surface area contributed by atoms with Crippen LogP contribution in [-0.4, -0.2) is 55.2 Å². The minimum absolute atomic E-state index is 0.615. The highest BCUT2D eigenvalue weighted by atomic mass is 15.3. The van der Waals surface area contributed by atoms with E-state index in [1.807, 2.05) is 12.3 Å². The van der Waals surface area contributed by atoms with Gasteiger partial charge in [0.15, 0.2) is 0 Å². The molecule has 2 heterocycles. The van der Waals surface area contributed by atoms with Gasteiger partial charge in [-0.15, -0.1) is 0 Å². The second-order valence-corrected chi connectivity index (χ2v) is 6.19. The van der Waals surface area contributed by atoms with Gasteiger partial charge in [-0.05, 0) is 38.1 Å². The predicted octanol–water partition coefficient (Wildman–Crippen LogP) is 2.37. The minimum atomic E-state index is 0.615. The number of rotatable bonds is 8. The highest BCUT2D eigenvalue weighted by molar-refractivity contribution is 5.38. The Kier molecular flexibility index (Phi) is 6.96. The first-order valence-electron chi connectivity index (χ1n) is 8.37. The van der Waals surface area contributed by atoms with Crippen LogP contribution in [0.25, 0.3) is 0 Å². The number of hydrogen-bond donors (Lipinski definition) is 1. The first kappa shape index (κ1) is 16.2. The van der Waals surface area contributed by atoms with Gasteiger partial charge in [-0.25, -0.2) is 4.98 Å². The van der Waals surface area contributed by atoms with E-state index in [0.717, 1.165) is 25.5 Å². The van der Waals surface area contributed by atoms with Gasteiger partial charge in [0.1, 0.15) is 5.82 Å². The molecule has 0 unspecified atom stereocenters. The molecule has 0 atom stereocenters. The highest BCUT2D eigenvalue weighted by Crippen LogP contribution is 2.12. The maximum Gasteiger partial charge on any atom is 0.128 e. The molecule has 1 aromatic rings. The average molecular weight is 290 g/mol. The molecule has 0 amide bonds. The summed E-state index contributed by atoms with van der Waals surface area (Å²) >= 11 is 0. The zero-order valence-electron chi connectivity index (χ0n) is 13.6. The summed E-state index contributed by atoms with van der Waals surface area (Å²) in [5.41, 5.74) is 0. The molecule has 0 saturated carbocycles. The molecule has 0 spiro atoms. The molecule has 1 aromatic heterocycles. The molecule has 1 fully saturated rings. The number of nitrogens with zero attached hydrogens (tertiary/aromatic N) is 3. The normalized spacial score (nSPS) is 16.6. The van der Waals surface area contributed by atoms with Gasteiger partial charge in [0, 0.05) is 38.4 Å². The van der Waals surface area contributed by atoms with E-state index in [0.29, 0.717) is 6.04 Å². The number of unbranched alkanes of at least 4 members (excludes halogenated alkanes) is 2. The first-order chi connectivity index (χ1) is 10.3. The van der Waals surface area contributed by atoms with Gasteiger partial charge in [0.2, 0.25) is 0 Å². The van der Waals surface area contributed by atoms with Gasteiger partial charge in [0.25, 0.3) is 0 Å². The maximum absolute atomic E-state index is 4.44. The van der Waals surface area contributed by atoms with Crippen molar-refractivity contribution in [3.8, 4) is 0 Å². The fraction of sp³-hybridized carbons (Fsp3) is 0.706. The summed E-state index contributed by atoms with van der Waals surface area (Å²) in [7, 11) is 0. The Bertz CT molecular complexity index is 372. The number of hydrogen-bond acceptors (Lipinski definition) is 4. The van der Waals surface area contributed by atoms with E-state index in [4.69, 9.17) is 0 Å². The van der Waals surface area contributed by atoms with Crippen LogP contribution in [0.4, 0.5) is 5.82 Å². The monoisotopic (exact) mass is 290 g/mol. The fourth-order valence-electron chi connectivity index (χ4n) is 2.77. The van der Waals surface area contributed by atoms with Gasteiger partial charge >= 0.3 is 0 Å². The Morgan fingerprint density at radius 2 is 1.90 bits per heavy atom. The standard InChI is InChI=1S/C17H30N4/c1-16(2)18-9-5-3-7-11-20-12-14-21(15-13-20)17-8-4-6-10-19-17/h4,6,8,10,16,18H,3,5,7,9,11-15H2,1-2H3. The molecule has 2 rings (SSSR count). The molecule has 4 heteroatoms. The predicted molar refractivity (Wildman–Crippen MR) is 89.9 cm³/mol. The molecule has 0 bridgehead atoms. The second kappa shape index (κ2) is 9.00. The van der Waals surface area contributed by atoms with Gasteiger partial charge in [-0.1, -0.05) is 26.3 Å². The number of pyridine rings is 1. The van der Waals surface area contributed by atoms with Crippen molar-refractivity contribution < 1.29 is 0 Å². The van der Waals surface area contributed by atoms with Crippen molar-refractivity contribution in [1.82, 2.24) is 15.2 Å². The van der Waals surface area contributed by atoms with Crippen molar-refractivity contribution in [1.29, 1.82) is 0 Å². The maximum atomic E-state index is 4.44. The summed E-state index contributed by atoms with van der Waals surface area (Å²) in [6, 6.07) is 6.77. The van der Waals surface area contributed by atoms with E-state index < -0.39 is 0 Å². The summed E-state index contributed by atoms with van der Waals surface area (Å²) < 4.78 is 0. The van der Waals surface area contributed by atoms with Crippen molar-refractivity contribution >= 4 is 5.82 Å². The number of nitrogens with one attached hydrogen (secondary N) is 1. The largest absolute Gasteiger partial charge is 0.354 e. The number of anilines is 1. The van der Waals surface area contributed by atoms with E-state index in [9.17, 15) is 0 Å². The van der Waals surface area contributed by atoms with Crippen LogP contribution in [0.1, 0.15) is 33.1 Å². The topological polar surface area (TPSA) is 31.4 Å². The third-order valence-electron chi connectivity index (χ3n) is 4.05. The van der Waals surface area contributed by atoms with Crippen molar-refractivity contribution in [2.24, 2.45) is 0 Å². The molecule has 118 valence electrons. The summed E-state index contributed by atoms with van der Waals surface area (Å²) in [6.45, 7) is 11.4. The lowest BCUT2D eigenvalue weighted by Gasteiger charge is -2.35. The molecule has 0 radical (unpaired) electrons. The second-order valence-electron chi connectivity index (χ2n) is 6.19. The number of aromatic nitrogens is 1. The smallest absolute Gasteiger partial charge is 0.128 e. The Morgan fingerprint density at radius 3 is 2.57 bits per heavy atom. The summed E-state index contributed by atoms with van der Waals surface area (Å²) in [5.74, 6) is 1.12. The zero-order valence-corrected chi connectivity index (χ0v) is 13.6. The van der Waals surface area contributed by atoms with E-state index in [-0.39, 0.29) is 0 Å². The Morgan fingerprint density at radius 1 is 1.10 bits per heavy atom. The molecule has 1 aliphatic rings. The molecular formula is C17H30N4. The summed E-state index contributed by atoms with van der Waals surface area (Å²) in [4.78, 5) is 9.42. The molecule has 4 nitrogen and oxygen atoms in total. The third-order valence-corrected chi connectivity index (χ3v) is 4.05. The average Bonchev–Trinajstić information content (AvgIpc) is 2.52. The van der Waals surface area contributed by atoms with Crippen LogP contribution in [0.15, 0.2) is 24.4 Å². The lowest BCUT2D eigenvalue weighted by molar-refractivity contribution is 0.251. The molecule has 21 heavy (non-hydrogen) atoms. The number of piperazine rings is 1. The molecule has 1 N–H and O–H groups in total. The van der Waals surface area contributed by atoms with Gasteiger partial charge in [-0.3, -0.25) is 4.90 Å².